The molecule has 2 bridgehead atoms. The largest absolute Gasteiger partial charge is 0.272 e. The van der Waals surface area contributed by atoms with E-state index in [-0.39, 0.29) is 23.7 Å². The maximum atomic E-state index is 13.4. The molecule has 1 saturated heterocycles. The van der Waals surface area contributed by atoms with Gasteiger partial charge in [-0.05, 0) is 28.3 Å². The Morgan fingerprint density at radius 2 is 1.13 bits per heavy atom. The summed E-state index contributed by atoms with van der Waals surface area (Å²) >= 11 is 6.20. The van der Waals surface area contributed by atoms with Crippen LogP contribution in [0.2, 0.25) is 5.02 Å². The van der Waals surface area contributed by atoms with Gasteiger partial charge in [0, 0.05) is 22.4 Å². The van der Waals surface area contributed by atoms with E-state index in [9.17, 15) is 9.59 Å². The quantitative estimate of drug-likeness (QED) is 0.457. The monoisotopic (exact) mass is 412 g/mol. The molecule has 4 aliphatic rings. The van der Waals surface area contributed by atoms with Gasteiger partial charge < -0.3 is 0 Å². The lowest BCUT2D eigenvalue weighted by Crippen LogP contribution is -2.41. The summed E-state index contributed by atoms with van der Waals surface area (Å²) in [6.07, 6.45) is 1.50. The summed E-state index contributed by atoms with van der Waals surface area (Å²) in [5, 5.41) is 5.88. The summed E-state index contributed by atoms with van der Waals surface area (Å²) in [5.74, 6) is -1.54. The number of hydrogen-bond donors (Lipinski definition) is 0. The zero-order valence-corrected chi connectivity index (χ0v) is 16.7. The maximum Gasteiger partial charge on any atom is 0.254 e. The molecule has 0 unspecified atom stereocenters. The molecule has 0 aromatic heterocycles. The Kier molecular flexibility index (Phi) is 3.74. The van der Waals surface area contributed by atoms with Crippen molar-refractivity contribution in [3.63, 3.8) is 0 Å². The predicted molar refractivity (Wildman–Crippen MR) is 114 cm³/mol. The van der Waals surface area contributed by atoms with Gasteiger partial charge in [-0.2, -0.15) is 10.1 Å². The van der Waals surface area contributed by atoms with Crippen molar-refractivity contribution in [1.82, 2.24) is 5.01 Å². The third kappa shape index (κ3) is 2.25. The number of hydrogen-bond acceptors (Lipinski definition) is 3. The van der Waals surface area contributed by atoms with Gasteiger partial charge in [0.25, 0.3) is 11.8 Å². The minimum absolute atomic E-state index is 0.121. The summed E-state index contributed by atoms with van der Waals surface area (Å²) in [7, 11) is 0. The van der Waals surface area contributed by atoms with Crippen molar-refractivity contribution in [2.24, 2.45) is 16.9 Å². The maximum absolute atomic E-state index is 13.4. The van der Waals surface area contributed by atoms with Crippen LogP contribution in [0.1, 0.15) is 39.7 Å². The van der Waals surface area contributed by atoms with Gasteiger partial charge in [-0.1, -0.05) is 78.3 Å². The van der Waals surface area contributed by atoms with Crippen molar-refractivity contribution in [2.45, 2.75) is 11.8 Å². The van der Waals surface area contributed by atoms with E-state index in [1.165, 1.54) is 6.21 Å². The van der Waals surface area contributed by atoms with Crippen molar-refractivity contribution in [3.8, 4) is 0 Å². The number of halogens is 1. The molecule has 2 amide bonds. The first-order chi connectivity index (χ1) is 14.7. The van der Waals surface area contributed by atoms with Crippen LogP contribution in [0.5, 0.6) is 0 Å². The van der Waals surface area contributed by atoms with Crippen molar-refractivity contribution >= 4 is 29.6 Å². The number of carbonyl (C=O) groups excluding carboxylic acids is 2. The highest BCUT2D eigenvalue weighted by molar-refractivity contribution is 6.33. The van der Waals surface area contributed by atoms with Crippen LogP contribution in [0.25, 0.3) is 0 Å². The van der Waals surface area contributed by atoms with Gasteiger partial charge >= 0.3 is 0 Å². The van der Waals surface area contributed by atoms with Gasteiger partial charge in [0.15, 0.2) is 0 Å². The minimum Gasteiger partial charge on any atom is -0.272 e. The number of amides is 2. The number of imide groups is 1. The average molecular weight is 413 g/mol. The number of carbonyl (C=O) groups is 2. The van der Waals surface area contributed by atoms with Crippen LogP contribution in [-0.2, 0) is 9.59 Å². The van der Waals surface area contributed by atoms with E-state index in [1.807, 2.05) is 36.4 Å². The molecule has 4 nitrogen and oxygen atoms in total. The third-order valence-corrected chi connectivity index (χ3v) is 6.99. The fourth-order valence-corrected chi connectivity index (χ4v) is 5.66. The zero-order valence-electron chi connectivity index (χ0n) is 15.9. The molecule has 1 fully saturated rings. The fraction of sp³-hybridized carbons (Fsp3) is 0.160. The summed E-state index contributed by atoms with van der Waals surface area (Å²) in [6.45, 7) is 0. The first-order valence-corrected chi connectivity index (χ1v) is 10.4. The van der Waals surface area contributed by atoms with Gasteiger partial charge in [0.1, 0.15) is 0 Å². The van der Waals surface area contributed by atoms with E-state index in [1.54, 1.807) is 12.1 Å². The molecule has 2 atom stereocenters. The summed E-state index contributed by atoms with van der Waals surface area (Å²) in [4.78, 5) is 26.8. The molecule has 0 saturated carbocycles. The predicted octanol–water partition coefficient (Wildman–Crippen LogP) is 4.57. The van der Waals surface area contributed by atoms with E-state index in [0.29, 0.717) is 10.6 Å². The standard InChI is InChI=1S/C25H17ClN2O2/c26-19-12-6-1-7-14(19)13-27-28-24(29)22-20-15-8-2-3-9-16(15)21(23(22)25(28)30)18-11-5-4-10-17(18)20/h1-13,20-23H/b27-13-/t20?,21?,22-,23-/m1/s1. The Morgan fingerprint density at radius 1 is 0.700 bits per heavy atom. The van der Waals surface area contributed by atoms with Gasteiger partial charge in [-0.25, -0.2) is 0 Å². The first-order valence-electron chi connectivity index (χ1n) is 10.0. The normalized spacial score (nSPS) is 26.1. The van der Waals surface area contributed by atoms with Crippen LogP contribution >= 0.6 is 11.6 Å². The lowest BCUT2D eigenvalue weighted by atomic mass is 9.55. The van der Waals surface area contributed by atoms with Crippen LogP contribution in [-0.4, -0.2) is 23.0 Å². The molecule has 146 valence electrons. The molecule has 1 heterocycles. The Morgan fingerprint density at radius 3 is 1.60 bits per heavy atom. The molecule has 0 spiro atoms. The molecule has 0 N–H and O–H groups in total. The highest BCUT2D eigenvalue weighted by Gasteiger charge is 2.61. The molecule has 5 heteroatoms. The van der Waals surface area contributed by atoms with Gasteiger partial charge in [0.2, 0.25) is 0 Å². The average Bonchev–Trinajstić information content (AvgIpc) is 3.04. The fourth-order valence-electron chi connectivity index (χ4n) is 5.48. The molecule has 1 aliphatic heterocycles. The topological polar surface area (TPSA) is 49.7 Å². The molecule has 3 aromatic rings. The molecule has 7 rings (SSSR count). The highest BCUT2D eigenvalue weighted by atomic mass is 35.5. The van der Waals surface area contributed by atoms with Gasteiger partial charge in [-0.3, -0.25) is 9.59 Å². The molecule has 30 heavy (non-hydrogen) atoms. The number of rotatable bonds is 2. The molecular weight excluding hydrogens is 396 g/mol. The minimum atomic E-state index is -0.421. The number of benzene rings is 3. The van der Waals surface area contributed by atoms with E-state index in [2.05, 4.69) is 29.4 Å². The number of nitrogens with zero attached hydrogens (tertiary/aromatic N) is 2. The van der Waals surface area contributed by atoms with E-state index >= 15 is 0 Å². The van der Waals surface area contributed by atoms with Crippen molar-refractivity contribution in [3.05, 3.63) is 106 Å². The molecular formula is C25H17ClN2O2. The Labute approximate surface area is 178 Å². The molecule has 0 radical (unpaired) electrons. The third-order valence-electron chi connectivity index (χ3n) is 6.64. The van der Waals surface area contributed by atoms with E-state index in [4.69, 9.17) is 11.6 Å². The van der Waals surface area contributed by atoms with E-state index < -0.39 is 11.8 Å². The van der Waals surface area contributed by atoms with Crippen molar-refractivity contribution < 1.29 is 9.59 Å². The van der Waals surface area contributed by atoms with Crippen molar-refractivity contribution in [1.29, 1.82) is 0 Å². The van der Waals surface area contributed by atoms with Gasteiger partial charge in [0.05, 0.1) is 18.1 Å². The van der Waals surface area contributed by atoms with E-state index in [0.717, 1.165) is 27.3 Å². The lowest BCUT2D eigenvalue weighted by molar-refractivity contribution is -0.139. The summed E-state index contributed by atoms with van der Waals surface area (Å²) < 4.78 is 0. The second kappa shape index (κ2) is 6.38. The summed E-state index contributed by atoms with van der Waals surface area (Å²) in [6, 6.07) is 23.6. The SMILES string of the molecule is O=C1[C@@H]2C3c4ccccc4C(c4ccccc43)[C@H]2C(=O)N1/N=C\c1ccccc1Cl. The van der Waals surface area contributed by atoms with Crippen LogP contribution < -0.4 is 0 Å². The lowest BCUT2D eigenvalue weighted by Gasteiger charge is -2.45. The Hall–Kier alpha value is -3.24. The Balaban J connectivity index is 1.47. The van der Waals surface area contributed by atoms with Gasteiger partial charge in [-0.15, -0.1) is 0 Å². The van der Waals surface area contributed by atoms with Crippen LogP contribution in [0, 0.1) is 11.8 Å². The van der Waals surface area contributed by atoms with Crippen LogP contribution in [0.4, 0.5) is 0 Å². The molecule has 3 aliphatic carbocycles. The highest BCUT2D eigenvalue weighted by Crippen LogP contribution is 2.60. The first kappa shape index (κ1) is 17.6. The van der Waals surface area contributed by atoms with Crippen molar-refractivity contribution in [2.75, 3.05) is 0 Å². The second-order valence-electron chi connectivity index (χ2n) is 8.02. The second-order valence-corrected chi connectivity index (χ2v) is 8.43. The molecule has 3 aromatic carbocycles. The zero-order chi connectivity index (χ0) is 20.4. The van der Waals surface area contributed by atoms with Crippen LogP contribution in [0.3, 0.4) is 0 Å². The van der Waals surface area contributed by atoms with Crippen LogP contribution in [0.15, 0.2) is 77.9 Å². The number of hydrazone groups is 1. The smallest absolute Gasteiger partial charge is 0.254 e. The summed E-state index contributed by atoms with van der Waals surface area (Å²) in [5.41, 5.74) is 5.28. The Bertz CT molecular complexity index is 1140.